The SMILES string of the molecule is Brc1ccc2c(c1)c1c3c(n(-c4ccccc4)c1n2-c1ccccc1)C=C=CCC3. The topological polar surface area (TPSA) is 9.86 Å². The summed E-state index contributed by atoms with van der Waals surface area (Å²) in [6, 6.07) is 27.9. The van der Waals surface area contributed by atoms with Crippen LogP contribution < -0.4 is 0 Å². The van der Waals surface area contributed by atoms with Crippen molar-refractivity contribution in [2.24, 2.45) is 0 Å². The Labute approximate surface area is 183 Å². The molecule has 1 aliphatic carbocycles. The van der Waals surface area contributed by atoms with Crippen LogP contribution in [0.4, 0.5) is 0 Å². The Morgan fingerprint density at radius 3 is 2.23 bits per heavy atom. The van der Waals surface area contributed by atoms with Crippen LogP contribution in [0.1, 0.15) is 17.7 Å². The number of hydrogen-bond acceptors (Lipinski definition) is 0. The minimum Gasteiger partial charge on any atom is -0.295 e. The van der Waals surface area contributed by atoms with E-state index in [-0.39, 0.29) is 0 Å². The maximum absolute atomic E-state index is 3.70. The standard InChI is InChI=1S/C27H19BrN2/c28-19-16-17-25-23(18-19)26-22-14-8-3-9-15-24(22)29(20-10-4-1-5-11-20)27(26)30(25)21-12-6-2-7-13-21/h1-7,10-13,15-18H,8,14H2. The molecule has 0 radical (unpaired) electrons. The molecule has 144 valence electrons. The number of fused-ring (bicyclic) bond motifs is 5. The van der Waals surface area contributed by atoms with E-state index < -0.39 is 0 Å². The predicted octanol–water partition coefficient (Wildman–Crippen LogP) is 7.45. The predicted molar refractivity (Wildman–Crippen MR) is 129 cm³/mol. The zero-order valence-corrected chi connectivity index (χ0v) is 17.9. The Hall–Kier alpha value is -3.26. The van der Waals surface area contributed by atoms with Gasteiger partial charge in [-0.05, 0) is 66.9 Å². The third-order valence-corrected chi connectivity index (χ3v) is 6.37. The van der Waals surface area contributed by atoms with Crippen molar-refractivity contribution in [3.63, 3.8) is 0 Å². The van der Waals surface area contributed by atoms with Crippen molar-refractivity contribution in [2.45, 2.75) is 12.8 Å². The highest BCUT2D eigenvalue weighted by molar-refractivity contribution is 9.10. The Morgan fingerprint density at radius 2 is 1.50 bits per heavy atom. The fraction of sp³-hybridized carbons (Fsp3) is 0.0741. The van der Waals surface area contributed by atoms with Crippen LogP contribution in [-0.2, 0) is 6.42 Å². The summed E-state index contributed by atoms with van der Waals surface area (Å²) in [5, 5.41) is 2.62. The quantitative estimate of drug-likeness (QED) is 0.247. The maximum atomic E-state index is 3.70. The number of aryl methyl sites for hydroxylation is 1. The summed E-state index contributed by atoms with van der Waals surface area (Å²) in [5.41, 5.74) is 10.8. The van der Waals surface area contributed by atoms with Crippen molar-refractivity contribution < 1.29 is 0 Å². The summed E-state index contributed by atoms with van der Waals surface area (Å²) in [6.45, 7) is 0. The highest BCUT2D eigenvalue weighted by Gasteiger charge is 2.25. The van der Waals surface area contributed by atoms with Crippen molar-refractivity contribution in [3.05, 3.63) is 106 Å². The summed E-state index contributed by atoms with van der Waals surface area (Å²) in [6.07, 6.45) is 6.31. The summed E-state index contributed by atoms with van der Waals surface area (Å²) in [5.74, 6) is 0. The molecule has 0 spiro atoms. The first kappa shape index (κ1) is 17.6. The number of halogens is 1. The normalized spacial score (nSPS) is 13.1. The fourth-order valence-corrected chi connectivity index (χ4v) is 5.02. The second-order valence-corrected chi connectivity index (χ2v) is 8.54. The molecule has 0 amide bonds. The first-order valence-electron chi connectivity index (χ1n) is 10.2. The molecule has 30 heavy (non-hydrogen) atoms. The van der Waals surface area contributed by atoms with Gasteiger partial charge in [0.05, 0.1) is 11.2 Å². The van der Waals surface area contributed by atoms with Gasteiger partial charge in [-0.25, -0.2) is 0 Å². The molecule has 0 N–H and O–H groups in total. The lowest BCUT2D eigenvalue weighted by Crippen LogP contribution is -2.03. The molecule has 0 saturated carbocycles. The van der Waals surface area contributed by atoms with Crippen molar-refractivity contribution in [2.75, 3.05) is 0 Å². The van der Waals surface area contributed by atoms with Crippen LogP contribution in [0.15, 0.2) is 95.1 Å². The van der Waals surface area contributed by atoms with Gasteiger partial charge in [-0.3, -0.25) is 9.13 Å². The third-order valence-electron chi connectivity index (χ3n) is 5.87. The van der Waals surface area contributed by atoms with E-state index in [0.717, 1.165) is 17.3 Å². The Balaban J connectivity index is 1.89. The van der Waals surface area contributed by atoms with Crippen molar-refractivity contribution in [1.29, 1.82) is 0 Å². The molecule has 0 bridgehead atoms. The largest absolute Gasteiger partial charge is 0.295 e. The highest BCUT2D eigenvalue weighted by Crippen LogP contribution is 2.41. The second kappa shape index (κ2) is 6.91. The average Bonchev–Trinajstić information content (AvgIpc) is 3.15. The molecule has 0 aliphatic heterocycles. The van der Waals surface area contributed by atoms with E-state index >= 15 is 0 Å². The molecule has 6 rings (SSSR count). The van der Waals surface area contributed by atoms with Crippen LogP contribution in [0.25, 0.3) is 39.4 Å². The van der Waals surface area contributed by atoms with Gasteiger partial charge in [-0.15, -0.1) is 5.73 Å². The summed E-state index contributed by atoms with van der Waals surface area (Å²) < 4.78 is 5.90. The van der Waals surface area contributed by atoms with Crippen molar-refractivity contribution in [3.8, 4) is 11.4 Å². The minimum atomic E-state index is 1.00. The van der Waals surface area contributed by atoms with Crippen LogP contribution in [0.5, 0.6) is 0 Å². The maximum Gasteiger partial charge on any atom is 0.131 e. The Morgan fingerprint density at radius 1 is 0.800 bits per heavy atom. The second-order valence-electron chi connectivity index (χ2n) is 7.62. The van der Waals surface area contributed by atoms with E-state index in [1.807, 2.05) is 0 Å². The van der Waals surface area contributed by atoms with Gasteiger partial charge in [0.2, 0.25) is 0 Å². The molecule has 3 aromatic carbocycles. The summed E-state index contributed by atoms with van der Waals surface area (Å²) in [4.78, 5) is 0. The van der Waals surface area contributed by atoms with E-state index in [0.29, 0.717) is 0 Å². The van der Waals surface area contributed by atoms with Crippen LogP contribution in [0.2, 0.25) is 0 Å². The molecular formula is C27H19BrN2. The molecule has 0 unspecified atom stereocenters. The van der Waals surface area contributed by atoms with Gasteiger partial charge in [0.1, 0.15) is 5.65 Å². The average molecular weight is 451 g/mol. The molecule has 2 aromatic heterocycles. The fourth-order valence-electron chi connectivity index (χ4n) is 4.66. The summed E-state index contributed by atoms with van der Waals surface area (Å²) in [7, 11) is 0. The zero-order chi connectivity index (χ0) is 20.1. The van der Waals surface area contributed by atoms with Gasteiger partial charge in [0.25, 0.3) is 0 Å². The minimum absolute atomic E-state index is 1.00. The van der Waals surface area contributed by atoms with Crippen molar-refractivity contribution >= 4 is 43.9 Å². The van der Waals surface area contributed by atoms with Gasteiger partial charge in [-0.1, -0.05) is 52.3 Å². The molecular weight excluding hydrogens is 432 g/mol. The van der Waals surface area contributed by atoms with Crippen LogP contribution in [-0.4, -0.2) is 9.13 Å². The van der Waals surface area contributed by atoms with E-state index in [1.165, 1.54) is 44.6 Å². The number of benzene rings is 3. The molecule has 3 heteroatoms. The lowest BCUT2D eigenvalue weighted by molar-refractivity contribution is 0.983. The molecule has 0 fully saturated rings. The summed E-state index contributed by atoms with van der Waals surface area (Å²) >= 11 is 3.70. The number of para-hydroxylation sites is 2. The third kappa shape index (κ3) is 2.56. The first-order chi connectivity index (χ1) is 14.8. The number of hydrogen-bond donors (Lipinski definition) is 0. The van der Waals surface area contributed by atoms with Gasteiger partial charge < -0.3 is 0 Å². The first-order valence-corrected chi connectivity index (χ1v) is 11.0. The molecule has 0 saturated heterocycles. The zero-order valence-electron chi connectivity index (χ0n) is 16.3. The van der Waals surface area contributed by atoms with E-state index in [4.69, 9.17) is 0 Å². The lowest BCUT2D eigenvalue weighted by Gasteiger charge is -2.13. The Kier molecular flexibility index (Phi) is 4.05. The number of aromatic nitrogens is 2. The highest BCUT2D eigenvalue weighted by atomic mass is 79.9. The van der Waals surface area contributed by atoms with Gasteiger partial charge in [-0.2, -0.15) is 0 Å². The van der Waals surface area contributed by atoms with E-state index in [9.17, 15) is 0 Å². The van der Waals surface area contributed by atoms with Gasteiger partial charge in [0, 0.05) is 32.7 Å². The lowest BCUT2D eigenvalue weighted by atomic mass is 10.1. The molecule has 5 aromatic rings. The van der Waals surface area contributed by atoms with E-state index in [2.05, 4.69) is 122 Å². The molecule has 1 aliphatic rings. The van der Waals surface area contributed by atoms with Crippen LogP contribution in [0.3, 0.4) is 0 Å². The number of nitrogens with zero attached hydrogens (tertiary/aromatic N) is 2. The molecule has 0 atom stereocenters. The number of allylic oxidation sites excluding steroid dienone is 1. The van der Waals surface area contributed by atoms with Crippen LogP contribution >= 0.6 is 15.9 Å². The van der Waals surface area contributed by atoms with Crippen molar-refractivity contribution in [1.82, 2.24) is 9.13 Å². The smallest absolute Gasteiger partial charge is 0.131 e. The Bertz CT molecular complexity index is 1460. The van der Waals surface area contributed by atoms with Gasteiger partial charge >= 0.3 is 0 Å². The van der Waals surface area contributed by atoms with E-state index in [1.54, 1.807) is 0 Å². The van der Waals surface area contributed by atoms with Gasteiger partial charge in [0.15, 0.2) is 0 Å². The monoisotopic (exact) mass is 450 g/mol. The number of rotatable bonds is 2. The molecule has 2 heterocycles. The molecule has 2 nitrogen and oxygen atoms in total. The van der Waals surface area contributed by atoms with Crippen LogP contribution in [0, 0.1) is 0 Å².